The van der Waals surface area contributed by atoms with Crippen molar-refractivity contribution >= 4 is 58.1 Å². The Morgan fingerprint density at radius 1 is 0.868 bits per heavy atom. The van der Waals surface area contributed by atoms with Gasteiger partial charge in [-0.1, -0.05) is 29.5 Å². The molecule has 0 saturated carbocycles. The molecule has 0 N–H and O–H groups in total. The second-order valence-corrected chi connectivity index (χ2v) is 14.0. The standard InChI is InChI=1S/C26H26N4O5S3/c1-28(20-6-4-3-5-7-20)38(34,35)21-10-8-19(9-11-21)25(31)29-14-16-30(17-15-29)26-27-23-13-12-22(37(2,32)33)18-24(23)36-26/h3-13,18H,14-17H2,1-2H3. The van der Waals surface area contributed by atoms with Gasteiger partial charge in [-0.05, 0) is 54.6 Å². The molecule has 2 heterocycles. The molecule has 1 saturated heterocycles. The van der Waals surface area contributed by atoms with Crippen LogP contribution in [-0.2, 0) is 19.9 Å². The number of thiazole rings is 1. The van der Waals surface area contributed by atoms with Gasteiger partial charge >= 0.3 is 0 Å². The topological polar surface area (TPSA) is 108 Å². The van der Waals surface area contributed by atoms with E-state index in [0.29, 0.717) is 37.4 Å². The van der Waals surface area contributed by atoms with Crippen LogP contribution in [0.2, 0.25) is 0 Å². The molecule has 1 amide bonds. The van der Waals surface area contributed by atoms with Crippen LogP contribution in [0.15, 0.2) is 82.6 Å². The minimum atomic E-state index is -3.76. The van der Waals surface area contributed by atoms with Gasteiger partial charge in [-0.25, -0.2) is 21.8 Å². The largest absolute Gasteiger partial charge is 0.345 e. The summed E-state index contributed by atoms with van der Waals surface area (Å²) in [5.74, 6) is -0.160. The summed E-state index contributed by atoms with van der Waals surface area (Å²) in [6, 6.07) is 19.7. The zero-order valence-electron chi connectivity index (χ0n) is 20.8. The van der Waals surface area contributed by atoms with Crippen molar-refractivity contribution < 1.29 is 21.6 Å². The number of benzene rings is 3. The second kappa shape index (κ2) is 10.0. The van der Waals surface area contributed by atoms with E-state index in [1.54, 1.807) is 59.5 Å². The predicted molar refractivity (Wildman–Crippen MR) is 149 cm³/mol. The second-order valence-electron chi connectivity index (χ2n) is 9.01. The van der Waals surface area contributed by atoms with Crippen LogP contribution >= 0.6 is 11.3 Å². The smallest absolute Gasteiger partial charge is 0.264 e. The average molecular weight is 571 g/mol. The monoisotopic (exact) mass is 570 g/mol. The van der Waals surface area contributed by atoms with E-state index in [2.05, 4.69) is 9.88 Å². The molecule has 1 aromatic heterocycles. The van der Waals surface area contributed by atoms with Crippen molar-refractivity contribution in [3.8, 4) is 0 Å². The van der Waals surface area contributed by atoms with Crippen LogP contribution in [0.3, 0.4) is 0 Å². The summed E-state index contributed by atoms with van der Waals surface area (Å²) in [5, 5.41) is 0.787. The lowest BCUT2D eigenvalue weighted by Gasteiger charge is -2.34. The molecule has 1 fully saturated rings. The van der Waals surface area contributed by atoms with Crippen LogP contribution in [0.25, 0.3) is 10.2 Å². The number of aromatic nitrogens is 1. The van der Waals surface area contributed by atoms with Gasteiger partial charge in [0, 0.05) is 45.0 Å². The van der Waals surface area contributed by atoms with Crippen molar-refractivity contribution in [3.05, 3.63) is 78.4 Å². The Hall–Kier alpha value is -3.48. The summed E-state index contributed by atoms with van der Waals surface area (Å²) < 4.78 is 51.8. The summed E-state index contributed by atoms with van der Waals surface area (Å²) in [6.45, 7) is 2.14. The molecule has 4 aromatic rings. The fourth-order valence-electron chi connectivity index (χ4n) is 4.25. The number of piperazine rings is 1. The van der Waals surface area contributed by atoms with E-state index in [0.717, 1.165) is 15.3 Å². The maximum absolute atomic E-state index is 13.1. The van der Waals surface area contributed by atoms with Crippen molar-refractivity contribution in [2.75, 3.05) is 48.7 Å². The zero-order valence-corrected chi connectivity index (χ0v) is 23.3. The normalized spacial score (nSPS) is 14.6. The quantitative estimate of drug-likeness (QED) is 0.349. The summed E-state index contributed by atoms with van der Waals surface area (Å²) in [6.07, 6.45) is 1.18. The lowest BCUT2D eigenvalue weighted by molar-refractivity contribution is 0.0746. The first kappa shape index (κ1) is 26.1. The number of carbonyl (C=O) groups is 1. The summed E-state index contributed by atoms with van der Waals surface area (Å²) in [5.41, 5.74) is 1.71. The summed E-state index contributed by atoms with van der Waals surface area (Å²) >= 11 is 1.43. The molecule has 0 radical (unpaired) electrons. The van der Waals surface area contributed by atoms with Gasteiger partial charge in [0.05, 0.1) is 25.7 Å². The lowest BCUT2D eigenvalue weighted by atomic mass is 10.2. The van der Waals surface area contributed by atoms with Crippen molar-refractivity contribution in [1.29, 1.82) is 0 Å². The van der Waals surface area contributed by atoms with E-state index in [1.807, 2.05) is 6.07 Å². The number of sulfone groups is 1. The van der Waals surface area contributed by atoms with Gasteiger partial charge < -0.3 is 9.80 Å². The Bertz CT molecular complexity index is 1690. The number of hydrogen-bond acceptors (Lipinski definition) is 8. The van der Waals surface area contributed by atoms with E-state index in [1.165, 1.54) is 41.1 Å². The van der Waals surface area contributed by atoms with Gasteiger partial charge in [0.25, 0.3) is 15.9 Å². The molecule has 9 nitrogen and oxygen atoms in total. The van der Waals surface area contributed by atoms with Crippen molar-refractivity contribution in [1.82, 2.24) is 9.88 Å². The number of hydrogen-bond donors (Lipinski definition) is 0. The number of rotatable bonds is 6. The minimum absolute atomic E-state index is 0.111. The number of nitrogens with zero attached hydrogens (tertiary/aromatic N) is 4. The maximum atomic E-state index is 13.1. The number of amides is 1. The third-order valence-corrected chi connectivity index (χ3v) is 10.5. The molecule has 0 aliphatic carbocycles. The Kier molecular flexibility index (Phi) is 6.88. The molecule has 1 aliphatic rings. The fraction of sp³-hybridized carbons (Fsp3) is 0.231. The van der Waals surface area contributed by atoms with Crippen LogP contribution in [0.4, 0.5) is 10.8 Å². The van der Waals surface area contributed by atoms with Gasteiger partial charge in [-0.3, -0.25) is 9.10 Å². The Morgan fingerprint density at radius 3 is 2.13 bits per heavy atom. The first-order chi connectivity index (χ1) is 18.0. The van der Waals surface area contributed by atoms with Crippen LogP contribution < -0.4 is 9.21 Å². The number of sulfonamides is 1. The first-order valence-corrected chi connectivity index (χ1v) is 16.0. The van der Waals surface area contributed by atoms with E-state index >= 15 is 0 Å². The Morgan fingerprint density at radius 2 is 1.50 bits per heavy atom. The number of para-hydroxylation sites is 1. The van der Waals surface area contributed by atoms with Crippen LogP contribution in [0.5, 0.6) is 0 Å². The van der Waals surface area contributed by atoms with Gasteiger partial charge in [0.1, 0.15) is 0 Å². The Balaban J connectivity index is 1.25. The molecule has 12 heteroatoms. The van der Waals surface area contributed by atoms with Crippen LogP contribution in [0.1, 0.15) is 10.4 Å². The van der Waals surface area contributed by atoms with Gasteiger partial charge in [-0.2, -0.15) is 0 Å². The van der Waals surface area contributed by atoms with Crippen LogP contribution in [-0.4, -0.2) is 72.1 Å². The first-order valence-electron chi connectivity index (χ1n) is 11.8. The molecule has 3 aromatic carbocycles. The van der Waals surface area contributed by atoms with Crippen LogP contribution in [0, 0.1) is 0 Å². The SMILES string of the molecule is CN(c1ccccc1)S(=O)(=O)c1ccc(C(=O)N2CCN(c3nc4ccc(S(C)(=O)=O)cc4s3)CC2)cc1. The van der Waals surface area contributed by atoms with E-state index < -0.39 is 19.9 Å². The fourth-order valence-corrected chi connectivity index (χ4v) is 7.22. The molecule has 198 valence electrons. The molecule has 38 heavy (non-hydrogen) atoms. The van der Waals surface area contributed by atoms with E-state index in [9.17, 15) is 21.6 Å². The molecule has 1 aliphatic heterocycles. The third-order valence-electron chi connectivity index (χ3n) is 6.49. The number of fused-ring (bicyclic) bond motifs is 1. The molecule has 5 rings (SSSR count). The summed E-state index contributed by atoms with van der Waals surface area (Å²) in [7, 11) is -5.55. The highest BCUT2D eigenvalue weighted by molar-refractivity contribution is 7.92. The lowest BCUT2D eigenvalue weighted by Crippen LogP contribution is -2.48. The molecule has 0 unspecified atom stereocenters. The van der Waals surface area contributed by atoms with E-state index in [-0.39, 0.29) is 15.7 Å². The molecular formula is C26H26N4O5S3. The molecular weight excluding hydrogens is 545 g/mol. The van der Waals surface area contributed by atoms with Gasteiger partial charge in [0.15, 0.2) is 15.0 Å². The maximum Gasteiger partial charge on any atom is 0.264 e. The zero-order chi connectivity index (χ0) is 27.1. The third kappa shape index (κ3) is 5.11. The Labute approximate surface area is 225 Å². The predicted octanol–water partition coefficient (Wildman–Crippen LogP) is 3.49. The average Bonchev–Trinajstić information content (AvgIpc) is 3.36. The highest BCUT2D eigenvalue weighted by atomic mass is 32.2. The van der Waals surface area contributed by atoms with Crippen molar-refractivity contribution in [3.63, 3.8) is 0 Å². The van der Waals surface area contributed by atoms with Crippen molar-refractivity contribution in [2.45, 2.75) is 9.79 Å². The number of anilines is 2. The minimum Gasteiger partial charge on any atom is -0.345 e. The molecule has 0 atom stereocenters. The number of carbonyl (C=O) groups excluding carboxylic acids is 1. The molecule has 0 spiro atoms. The molecule has 0 bridgehead atoms. The summed E-state index contributed by atoms with van der Waals surface area (Å²) in [4.78, 5) is 22.0. The van der Waals surface area contributed by atoms with Gasteiger partial charge in [0.2, 0.25) is 0 Å². The van der Waals surface area contributed by atoms with E-state index in [4.69, 9.17) is 0 Å². The highest BCUT2D eigenvalue weighted by Gasteiger charge is 2.26. The van der Waals surface area contributed by atoms with Crippen molar-refractivity contribution in [2.24, 2.45) is 0 Å². The van der Waals surface area contributed by atoms with Gasteiger partial charge in [-0.15, -0.1) is 0 Å². The highest BCUT2D eigenvalue weighted by Crippen LogP contribution is 2.31.